The smallest absolute Gasteiger partial charge is 0.251 e. The molecule has 1 saturated heterocycles. The number of anilines is 1. The molecule has 0 bridgehead atoms. The van der Waals surface area contributed by atoms with Crippen molar-refractivity contribution in [1.29, 1.82) is 0 Å². The minimum Gasteiger partial charge on any atom is -0.348 e. The highest BCUT2D eigenvalue weighted by atomic mass is 32.2. The van der Waals surface area contributed by atoms with E-state index in [1.165, 1.54) is 43.3 Å². The van der Waals surface area contributed by atoms with Crippen LogP contribution < -0.4 is 10.6 Å². The Morgan fingerprint density at radius 2 is 1.86 bits per heavy atom. The molecule has 2 aliphatic heterocycles. The fraction of sp³-hybridized carbons (Fsp3) is 0.364. The molecule has 0 radical (unpaired) electrons. The van der Waals surface area contributed by atoms with Crippen molar-refractivity contribution in [2.75, 3.05) is 18.4 Å². The van der Waals surface area contributed by atoms with Crippen LogP contribution in [0.3, 0.4) is 0 Å². The third-order valence-corrected chi connectivity index (χ3v) is 6.43. The van der Waals surface area contributed by atoms with Crippen LogP contribution in [-0.4, -0.2) is 35.1 Å². The van der Waals surface area contributed by atoms with Gasteiger partial charge in [-0.3, -0.25) is 14.5 Å². The highest BCUT2D eigenvalue weighted by molar-refractivity contribution is 8.00. The van der Waals surface area contributed by atoms with Gasteiger partial charge in [0, 0.05) is 23.5 Å². The van der Waals surface area contributed by atoms with Crippen LogP contribution in [0.4, 0.5) is 5.69 Å². The summed E-state index contributed by atoms with van der Waals surface area (Å²) in [5.74, 6) is -0.161. The first-order chi connectivity index (χ1) is 13.6. The van der Waals surface area contributed by atoms with Gasteiger partial charge < -0.3 is 10.6 Å². The lowest BCUT2D eigenvalue weighted by molar-refractivity contribution is -0.115. The predicted octanol–water partition coefficient (Wildman–Crippen LogP) is 3.65. The third kappa shape index (κ3) is 4.39. The molecule has 6 heteroatoms. The number of carbonyl (C=O) groups is 2. The lowest BCUT2D eigenvalue weighted by atomic mass is 10.1. The van der Waals surface area contributed by atoms with Gasteiger partial charge in [0.1, 0.15) is 0 Å². The van der Waals surface area contributed by atoms with Crippen molar-refractivity contribution in [2.24, 2.45) is 0 Å². The zero-order valence-electron chi connectivity index (χ0n) is 16.0. The molecule has 2 amide bonds. The average molecular weight is 396 g/mol. The number of nitrogens with zero attached hydrogens (tertiary/aromatic N) is 1. The van der Waals surface area contributed by atoms with E-state index in [2.05, 4.69) is 39.8 Å². The van der Waals surface area contributed by atoms with Gasteiger partial charge in [0.2, 0.25) is 5.91 Å². The Hall–Kier alpha value is -2.31. The van der Waals surface area contributed by atoms with Gasteiger partial charge in [-0.05, 0) is 62.2 Å². The molecule has 0 saturated carbocycles. The molecular weight excluding hydrogens is 370 g/mol. The van der Waals surface area contributed by atoms with E-state index in [1.54, 1.807) is 6.07 Å². The summed E-state index contributed by atoms with van der Waals surface area (Å²) in [6.07, 6.45) is 2.60. The van der Waals surface area contributed by atoms with Crippen molar-refractivity contribution >= 4 is 29.3 Å². The molecule has 2 aromatic carbocycles. The summed E-state index contributed by atoms with van der Waals surface area (Å²) in [5.41, 5.74) is 3.66. The van der Waals surface area contributed by atoms with E-state index in [-0.39, 0.29) is 17.1 Å². The van der Waals surface area contributed by atoms with Gasteiger partial charge in [-0.1, -0.05) is 24.3 Å². The Morgan fingerprint density at radius 1 is 1.14 bits per heavy atom. The first-order valence-corrected chi connectivity index (χ1v) is 10.7. The number of amides is 2. The van der Waals surface area contributed by atoms with E-state index in [0.717, 1.165) is 17.0 Å². The maximum Gasteiger partial charge on any atom is 0.251 e. The summed E-state index contributed by atoms with van der Waals surface area (Å²) in [7, 11) is 0. The van der Waals surface area contributed by atoms with Crippen molar-refractivity contribution < 1.29 is 9.59 Å². The molecule has 2 N–H and O–H groups in total. The van der Waals surface area contributed by atoms with Gasteiger partial charge in [0.25, 0.3) is 5.91 Å². The molecule has 0 aliphatic carbocycles. The highest BCUT2D eigenvalue weighted by Crippen LogP contribution is 2.35. The maximum atomic E-state index is 12.5. The van der Waals surface area contributed by atoms with Crippen LogP contribution in [0, 0.1) is 0 Å². The lowest BCUT2D eigenvalue weighted by Gasteiger charge is -2.21. The van der Waals surface area contributed by atoms with E-state index < -0.39 is 0 Å². The summed E-state index contributed by atoms with van der Waals surface area (Å²) in [6.45, 7) is 5.75. The largest absolute Gasteiger partial charge is 0.348 e. The second-order valence-corrected chi connectivity index (χ2v) is 8.83. The Balaban J connectivity index is 1.34. The zero-order valence-corrected chi connectivity index (χ0v) is 16.8. The molecule has 0 unspecified atom stereocenters. The number of hydrogen-bond acceptors (Lipinski definition) is 4. The Labute approximate surface area is 169 Å². The lowest BCUT2D eigenvalue weighted by Crippen LogP contribution is -2.27. The molecule has 2 heterocycles. The Bertz CT molecular complexity index is 876. The normalized spacial score (nSPS) is 19.2. The van der Waals surface area contributed by atoms with Gasteiger partial charge in [-0.25, -0.2) is 0 Å². The average Bonchev–Trinajstić information content (AvgIpc) is 3.21. The molecule has 1 fully saturated rings. The molecule has 0 spiro atoms. The highest BCUT2D eigenvalue weighted by Gasteiger charge is 2.23. The summed E-state index contributed by atoms with van der Waals surface area (Å²) in [4.78, 5) is 27.8. The van der Waals surface area contributed by atoms with Crippen LogP contribution >= 0.6 is 11.8 Å². The number of nitrogens with one attached hydrogen (secondary N) is 2. The molecular formula is C22H25N3O2S. The molecule has 0 aromatic heterocycles. The van der Waals surface area contributed by atoms with Gasteiger partial charge in [-0.15, -0.1) is 11.8 Å². The minimum absolute atomic E-state index is 0.0240. The quantitative estimate of drug-likeness (QED) is 0.811. The van der Waals surface area contributed by atoms with Crippen LogP contribution in [-0.2, 0) is 17.9 Å². The second-order valence-electron chi connectivity index (χ2n) is 7.44. The van der Waals surface area contributed by atoms with Gasteiger partial charge in [-0.2, -0.15) is 0 Å². The molecule has 5 nitrogen and oxygen atoms in total. The number of carbonyl (C=O) groups excluding carboxylic acids is 2. The zero-order chi connectivity index (χ0) is 19.5. The standard InChI is InChI=1S/C22H25N3O2S/c1-15-21(26)24-19-12-18(8-9-20(19)28-15)22(27)23-13-16-4-6-17(7-5-16)14-25-10-2-3-11-25/h4-9,12,15H,2-3,10-11,13-14H2,1H3,(H,23,27)(H,24,26)/t15-/m1/s1. The summed E-state index contributed by atoms with van der Waals surface area (Å²) in [6, 6.07) is 13.9. The molecule has 2 aromatic rings. The first kappa shape index (κ1) is 19.0. The number of rotatable bonds is 5. The van der Waals surface area contributed by atoms with Crippen molar-refractivity contribution in [3.63, 3.8) is 0 Å². The Kier molecular flexibility index (Phi) is 5.69. The van der Waals surface area contributed by atoms with Crippen molar-refractivity contribution in [3.05, 3.63) is 59.2 Å². The fourth-order valence-electron chi connectivity index (χ4n) is 3.60. The number of fused-ring (bicyclic) bond motifs is 1. The van der Waals surface area contributed by atoms with Crippen molar-refractivity contribution in [1.82, 2.24) is 10.2 Å². The van der Waals surface area contributed by atoms with Crippen molar-refractivity contribution in [2.45, 2.75) is 43.0 Å². The number of benzene rings is 2. The monoisotopic (exact) mass is 395 g/mol. The summed E-state index contributed by atoms with van der Waals surface area (Å²) >= 11 is 1.52. The van der Waals surface area contributed by atoms with Crippen LogP contribution in [0.25, 0.3) is 0 Å². The van der Waals surface area contributed by atoms with Crippen LogP contribution in [0.5, 0.6) is 0 Å². The first-order valence-electron chi connectivity index (χ1n) is 9.78. The molecule has 28 heavy (non-hydrogen) atoms. The Morgan fingerprint density at radius 3 is 2.61 bits per heavy atom. The van der Waals surface area contributed by atoms with Gasteiger partial charge in [0.15, 0.2) is 0 Å². The van der Waals surface area contributed by atoms with E-state index in [4.69, 9.17) is 0 Å². The summed E-state index contributed by atoms with van der Waals surface area (Å²) in [5, 5.41) is 5.73. The topological polar surface area (TPSA) is 61.4 Å². The number of likely N-dealkylation sites (tertiary alicyclic amines) is 1. The van der Waals surface area contributed by atoms with Crippen molar-refractivity contribution in [3.8, 4) is 0 Å². The van der Waals surface area contributed by atoms with Gasteiger partial charge >= 0.3 is 0 Å². The number of hydrogen-bond donors (Lipinski definition) is 2. The van der Waals surface area contributed by atoms with Crippen LogP contribution in [0.2, 0.25) is 0 Å². The van der Waals surface area contributed by atoms with Crippen LogP contribution in [0.15, 0.2) is 47.4 Å². The second kappa shape index (κ2) is 8.37. The maximum absolute atomic E-state index is 12.5. The predicted molar refractivity (Wildman–Crippen MR) is 113 cm³/mol. The van der Waals surface area contributed by atoms with Crippen LogP contribution in [0.1, 0.15) is 41.3 Å². The fourth-order valence-corrected chi connectivity index (χ4v) is 4.53. The number of thioether (sulfide) groups is 1. The molecule has 2 aliphatic rings. The SMILES string of the molecule is C[C@H]1Sc2ccc(C(=O)NCc3ccc(CN4CCCC4)cc3)cc2NC1=O. The van der Waals surface area contributed by atoms with E-state index in [9.17, 15) is 9.59 Å². The minimum atomic E-state index is -0.137. The molecule has 1 atom stereocenters. The molecule has 146 valence electrons. The van der Waals surface area contributed by atoms with E-state index in [0.29, 0.717) is 17.8 Å². The van der Waals surface area contributed by atoms with E-state index >= 15 is 0 Å². The summed E-state index contributed by atoms with van der Waals surface area (Å²) < 4.78 is 0. The van der Waals surface area contributed by atoms with E-state index in [1.807, 2.05) is 19.1 Å². The molecule has 4 rings (SSSR count). The van der Waals surface area contributed by atoms with Gasteiger partial charge in [0.05, 0.1) is 10.9 Å². The third-order valence-electron chi connectivity index (χ3n) is 5.25.